The van der Waals surface area contributed by atoms with Gasteiger partial charge < -0.3 is 20.5 Å². The Morgan fingerprint density at radius 2 is 1.96 bits per heavy atom. The van der Waals surface area contributed by atoms with Gasteiger partial charge in [0.2, 0.25) is 0 Å². The van der Waals surface area contributed by atoms with Gasteiger partial charge in [0.25, 0.3) is 5.91 Å². The third-order valence-corrected chi connectivity index (χ3v) is 3.58. The van der Waals surface area contributed by atoms with Crippen molar-refractivity contribution in [1.82, 2.24) is 10.6 Å². The average molecular weight is 328 g/mol. The van der Waals surface area contributed by atoms with E-state index >= 15 is 0 Å². The van der Waals surface area contributed by atoms with E-state index in [4.69, 9.17) is 4.74 Å². The van der Waals surface area contributed by atoms with Crippen LogP contribution in [0.25, 0.3) is 0 Å². The van der Waals surface area contributed by atoms with Crippen LogP contribution in [0.4, 0.5) is 0 Å². The van der Waals surface area contributed by atoms with E-state index in [1.807, 2.05) is 43.3 Å². The molecule has 2 rings (SSSR count). The molecule has 5 heteroatoms. The number of hydrogen-bond acceptors (Lipinski definition) is 4. The largest absolute Gasteiger partial charge is 0.491 e. The Kier molecular flexibility index (Phi) is 6.78. The molecule has 0 saturated carbocycles. The Hall–Kier alpha value is -2.37. The second-order valence-electron chi connectivity index (χ2n) is 5.69. The van der Waals surface area contributed by atoms with Crippen LogP contribution in [0.5, 0.6) is 5.75 Å². The minimum Gasteiger partial charge on any atom is -0.491 e. The predicted molar refractivity (Wildman–Crippen MR) is 94.2 cm³/mol. The summed E-state index contributed by atoms with van der Waals surface area (Å²) in [5.74, 6) is 0.664. The zero-order valence-corrected chi connectivity index (χ0v) is 14.1. The van der Waals surface area contributed by atoms with Crippen LogP contribution < -0.4 is 15.4 Å². The van der Waals surface area contributed by atoms with Crippen molar-refractivity contribution < 1.29 is 14.6 Å². The summed E-state index contributed by atoms with van der Waals surface area (Å²) in [6.07, 6.45) is -0.587. The van der Waals surface area contributed by atoms with Crippen LogP contribution >= 0.6 is 0 Å². The summed E-state index contributed by atoms with van der Waals surface area (Å²) in [7, 11) is 1.61. The third kappa shape index (κ3) is 5.68. The lowest BCUT2D eigenvalue weighted by atomic mass is 10.1. The zero-order valence-electron chi connectivity index (χ0n) is 14.1. The van der Waals surface area contributed by atoms with Crippen molar-refractivity contribution in [3.05, 3.63) is 65.2 Å². The van der Waals surface area contributed by atoms with Gasteiger partial charge in [-0.1, -0.05) is 24.3 Å². The molecule has 128 valence electrons. The Morgan fingerprint density at radius 1 is 1.21 bits per heavy atom. The highest BCUT2D eigenvalue weighted by atomic mass is 16.5. The van der Waals surface area contributed by atoms with E-state index in [2.05, 4.69) is 10.6 Å². The van der Waals surface area contributed by atoms with Gasteiger partial charge in [-0.05, 0) is 42.3 Å². The van der Waals surface area contributed by atoms with Gasteiger partial charge in [0.05, 0.1) is 0 Å². The molecule has 0 aliphatic heterocycles. The molecule has 1 amide bonds. The standard InChI is InChI=1S/C19H24N2O3/c1-14-4-3-5-18(10-14)24-13-17(22)12-21-11-15-6-8-16(9-7-15)19(23)20-2/h3-10,17,21-22H,11-13H2,1-2H3,(H,20,23). The highest BCUT2D eigenvalue weighted by Gasteiger charge is 2.06. The summed E-state index contributed by atoms with van der Waals surface area (Å²) >= 11 is 0. The van der Waals surface area contributed by atoms with Gasteiger partial charge in [0.1, 0.15) is 18.5 Å². The zero-order chi connectivity index (χ0) is 17.4. The first-order chi connectivity index (χ1) is 11.6. The summed E-state index contributed by atoms with van der Waals surface area (Å²) in [6.45, 7) is 3.30. The van der Waals surface area contributed by atoms with Gasteiger partial charge in [-0.25, -0.2) is 0 Å². The number of hydrogen-bond donors (Lipinski definition) is 3. The number of ether oxygens (including phenoxy) is 1. The normalized spacial score (nSPS) is 11.8. The first-order valence-electron chi connectivity index (χ1n) is 7.98. The number of benzene rings is 2. The summed E-state index contributed by atoms with van der Waals surface area (Å²) in [4.78, 5) is 11.5. The molecule has 0 aromatic heterocycles. The summed E-state index contributed by atoms with van der Waals surface area (Å²) in [6, 6.07) is 15.1. The summed E-state index contributed by atoms with van der Waals surface area (Å²) in [5, 5.41) is 15.7. The van der Waals surface area contributed by atoms with Crippen molar-refractivity contribution in [3.63, 3.8) is 0 Å². The van der Waals surface area contributed by atoms with E-state index in [-0.39, 0.29) is 12.5 Å². The van der Waals surface area contributed by atoms with Gasteiger partial charge in [0, 0.05) is 25.7 Å². The van der Waals surface area contributed by atoms with Crippen LogP contribution in [0.15, 0.2) is 48.5 Å². The first-order valence-corrected chi connectivity index (χ1v) is 7.98. The van der Waals surface area contributed by atoms with Crippen molar-refractivity contribution >= 4 is 5.91 Å². The molecular formula is C19H24N2O3. The molecule has 1 unspecified atom stereocenters. The number of carbonyl (C=O) groups excluding carboxylic acids is 1. The van der Waals surface area contributed by atoms with Crippen molar-refractivity contribution in [2.24, 2.45) is 0 Å². The SMILES string of the molecule is CNC(=O)c1ccc(CNCC(O)COc2cccc(C)c2)cc1. The molecule has 0 saturated heterocycles. The average Bonchev–Trinajstić information content (AvgIpc) is 2.60. The van der Waals surface area contributed by atoms with Crippen molar-refractivity contribution in [2.75, 3.05) is 20.2 Å². The van der Waals surface area contributed by atoms with Crippen LogP contribution in [-0.4, -0.2) is 37.3 Å². The number of aryl methyl sites for hydroxylation is 1. The Morgan fingerprint density at radius 3 is 2.62 bits per heavy atom. The molecule has 0 spiro atoms. The lowest BCUT2D eigenvalue weighted by Crippen LogP contribution is -2.31. The van der Waals surface area contributed by atoms with Gasteiger partial charge in [-0.3, -0.25) is 4.79 Å². The van der Waals surface area contributed by atoms with Gasteiger partial charge in [-0.15, -0.1) is 0 Å². The predicted octanol–water partition coefficient (Wildman–Crippen LogP) is 1.88. The Balaban J connectivity index is 1.70. The minimum atomic E-state index is -0.587. The maximum absolute atomic E-state index is 11.5. The maximum Gasteiger partial charge on any atom is 0.251 e. The Bertz CT molecular complexity index is 656. The Labute approximate surface area is 142 Å². The lowest BCUT2D eigenvalue weighted by Gasteiger charge is -2.13. The van der Waals surface area contributed by atoms with Crippen molar-refractivity contribution in [3.8, 4) is 5.75 Å². The van der Waals surface area contributed by atoms with Crippen LogP contribution in [0.3, 0.4) is 0 Å². The molecule has 0 fully saturated rings. The fraction of sp³-hybridized carbons (Fsp3) is 0.316. The molecule has 0 radical (unpaired) electrons. The summed E-state index contributed by atoms with van der Waals surface area (Å²) in [5.41, 5.74) is 2.81. The van der Waals surface area contributed by atoms with E-state index in [1.54, 1.807) is 19.2 Å². The molecule has 0 heterocycles. The lowest BCUT2D eigenvalue weighted by molar-refractivity contribution is 0.0963. The number of nitrogens with one attached hydrogen (secondary N) is 2. The number of carbonyl (C=O) groups is 1. The number of aliphatic hydroxyl groups excluding tert-OH is 1. The number of aliphatic hydroxyl groups is 1. The fourth-order valence-electron chi connectivity index (χ4n) is 2.26. The highest BCUT2D eigenvalue weighted by Crippen LogP contribution is 2.12. The monoisotopic (exact) mass is 328 g/mol. The van der Waals surface area contributed by atoms with Gasteiger partial charge in [0.15, 0.2) is 0 Å². The first kappa shape index (κ1) is 18.0. The molecule has 2 aromatic carbocycles. The van der Waals surface area contributed by atoms with E-state index < -0.39 is 6.10 Å². The third-order valence-electron chi connectivity index (χ3n) is 3.58. The van der Waals surface area contributed by atoms with Gasteiger partial charge in [-0.2, -0.15) is 0 Å². The van der Waals surface area contributed by atoms with E-state index in [0.29, 0.717) is 18.7 Å². The second-order valence-corrected chi connectivity index (χ2v) is 5.69. The molecule has 1 atom stereocenters. The quantitative estimate of drug-likeness (QED) is 0.692. The molecule has 3 N–H and O–H groups in total. The maximum atomic E-state index is 11.5. The van der Waals surface area contributed by atoms with E-state index in [0.717, 1.165) is 16.9 Å². The molecule has 24 heavy (non-hydrogen) atoms. The van der Waals surface area contributed by atoms with Crippen LogP contribution in [0.2, 0.25) is 0 Å². The molecule has 0 aliphatic rings. The van der Waals surface area contributed by atoms with Crippen molar-refractivity contribution in [2.45, 2.75) is 19.6 Å². The fourth-order valence-corrected chi connectivity index (χ4v) is 2.26. The minimum absolute atomic E-state index is 0.0989. The van der Waals surface area contributed by atoms with Crippen LogP contribution in [-0.2, 0) is 6.54 Å². The van der Waals surface area contributed by atoms with Crippen LogP contribution in [0, 0.1) is 6.92 Å². The molecule has 0 aliphatic carbocycles. The van der Waals surface area contributed by atoms with E-state index in [1.165, 1.54) is 0 Å². The number of amides is 1. The number of rotatable bonds is 8. The second kappa shape index (κ2) is 9.05. The smallest absolute Gasteiger partial charge is 0.251 e. The molecule has 2 aromatic rings. The summed E-state index contributed by atoms with van der Waals surface area (Å²) < 4.78 is 5.57. The van der Waals surface area contributed by atoms with E-state index in [9.17, 15) is 9.90 Å². The van der Waals surface area contributed by atoms with Crippen LogP contribution in [0.1, 0.15) is 21.5 Å². The topological polar surface area (TPSA) is 70.6 Å². The molecule has 5 nitrogen and oxygen atoms in total. The van der Waals surface area contributed by atoms with Gasteiger partial charge >= 0.3 is 0 Å². The van der Waals surface area contributed by atoms with Crippen molar-refractivity contribution in [1.29, 1.82) is 0 Å². The highest BCUT2D eigenvalue weighted by molar-refractivity contribution is 5.93. The molecule has 0 bridgehead atoms. The molecular weight excluding hydrogens is 304 g/mol.